The van der Waals surface area contributed by atoms with E-state index in [9.17, 15) is 4.79 Å². The van der Waals surface area contributed by atoms with E-state index in [1.165, 1.54) is 31.4 Å². The summed E-state index contributed by atoms with van der Waals surface area (Å²) in [6, 6.07) is 0. The molecule has 4 fully saturated rings. The molecule has 4 N–H and O–H groups in total. The van der Waals surface area contributed by atoms with Gasteiger partial charge >= 0.3 is 0 Å². The first-order valence-corrected chi connectivity index (χ1v) is 11.3. The maximum atomic E-state index is 11.3. The van der Waals surface area contributed by atoms with Crippen LogP contribution in [-0.2, 0) is 9.53 Å². The van der Waals surface area contributed by atoms with Crippen LogP contribution in [-0.4, -0.2) is 25.8 Å². The van der Waals surface area contributed by atoms with Gasteiger partial charge in [0.25, 0.3) is 0 Å². The summed E-state index contributed by atoms with van der Waals surface area (Å²) in [6.07, 6.45) is 17.6. The Balaban J connectivity index is 1.17. The Morgan fingerprint density at radius 3 is 2.52 bits per heavy atom. The second-order valence-corrected chi connectivity index (χ2v) is 10.4. The van der Waals surface area contributed by atoms with Gasteiger partial charge in [0.15, 0.2) is 0 Å². The molecule has 0 radical (unpaired) electrons. The molecule has 0 aromatic heterocycles. The van der Waals surface area contributed by atoms with Crippen molar-refractivity contribution in [2.45, 2.75) is 64.5 Å². The Morgan fingerprint density at radius 2 is 1.97 bits per heavy atom. The van der Waals surface area contributed by atoms with Gasteiger partial charge in [-0.2, -0.15) is 0 Å². The van der Waals surface area contributed by atoms with E-state index in [0.717, 1.165) is 43.3 Å². The van der Waals surface area contributed by atoms with Crippen LogP contribution in [0, 0.1) is 28.1 Å². The summed E-state index contributed by atoms with van der Waals surface area (Å²) in [5, 5.41) is 6.80. The van der Waals surface area contributed by atoms with Crippen LogP contribution in [0.4, 0.5) is 0 Å². The second-order valence-electron chi connectivity index (χ2n) is 10.4. The number of amides is 1. The Bertz CT molecular complexity index is 764. The third-order valence-corrected chi connectivity index (χ3v) is 8.56. The molecule has 29 heavy (non-hydrogen) atoms. The molecule has 158 valence electrons. The zero-order valence-electron chi connectivity index (χ0n) is 17.8. The fourth-order valence-corrected chi connectivity index (χ4v) is 6.93. The van der Waals surface area contributed by atoms with E-state index in [1.54, 1.807) is 0 Å². The smallest absolute Gasteiger partial charge is 0.221 e. The lowest BCUT2D eigenvalue weighted by Gasteiger charge is -2.50. The summed E-state index contributed by atoms with van der Waals surface area (Å²) >= 11 is 0. The molecular formula is C24H35N3O2. The standard InChI is InChI=1S/C24H35N3O2/c1-16-12-22(13-16)14-17(11-20(25)28)3-4-19(22)27-10-5-21(26-2)29-15-18-23(6-7-23)24(18)8-9-24/h3-5,10,16,18,21,26-27H,6-9,11-15H2,1-2H3,(H2,25,28)/b10-5-. The molecule has 5 aliphatic carbocycles. The molecular weight excluding hydrogens is 362 g/mol. The van der Waals surface area contributed by atoms with Crippen molar-refractivity contribution in [2.24, 2.45) is 33.8 Å². The number of carbonyl (C=O) groups is 1. The van der Waals surface area contributed by atoms with Gasteiger partial charge in [0.1, 0.15) is 6.23 Å². The number of hydrogen-bond acceptors (Lipinski definition) is 4. The van der Waals surface area contributed by atoms with Crippen LogP contribution in [0.2, 0.25) is 0 Å². The monoisotopic (exact) mass is 397 g/mol. The number of carbonyl (C=O) groups excluding carboxylic acids is 1. The normalized spacial score (nSPS) is 28.9. The third kappa shape index (κ3) is 3.17. The first kappa shape index (κ1) is 19.4. The molecule has 0 aliphatic heterocycles. The molecule has 0 aromatic rings. The molecule has 5 aliphatic rings. The van der Waals surface area contributed by atoms with Gasteiger partial charge in [0, 0.05) is 23.7 Å². The molecule has 0 heterocycles. The maximum Gasteiger partial charge on any atom is 0.221 e. The first-order valence-electron chi connectivity index (χ1n) is 11.3. The summed E-state index contributed by atoms with van der Waals surface area (Å²) in [6.45, 7) is 3.19. The van der Waals surface area contributed by atoms with Gasteiger partial charge in [0.2, 0.25) is 5.91 Å². The molecule has 5 rings (SSSR count). The quantitative estimate of drug-likeness (QED) is 0.522. The molecule has 1 unspecified atom stereocenters. The number of likely N-dealkylation sites (N-methyl/N-ethyl adjacent to an activating group) is 1. The summed E-state index contributed by atoms with van der Waals surface area (Å²) in [7, 11) is 1.95. The molecule has 5 nitrogen and oxygen atoms in total. The zero-order chi connectivity index (χ0) is 20.3. The molecule has 5 heteroatoms. The Morgan fingerprint density at radius 1 is 1.28 bits per heavy atom. The largest absolute Gasteiger partial charge is 0.369 e. The molecule has 1 atom stereocenters. The second kappa shape index (κ2) is 6.71. The molecule has 4 saturated carbocycles. The van der Waals surface area contributed by atoms with Crippen LogP contribution < -0.4 is 16.4 Å². The van der Waals surface area contributed by atoms with E-state index in [0.29, 0.717) is 17.3 Å². The zero-order valence-corrected chi connectivity index (χ0v) is 17.8. The van der Waals surface area contributed by atoms with Crippen molar-refractivity contribution in [3.05, 3.63) is 35.7 Å². The van der Waals surface area contributed by atoms with E-state index in [-0.39, 0.29) is 17.6 Å². The number of hydrogen-bond donors (Lipinski definition) is 3. The van der Waals surface area contributed by atoms with Gasteiger partial charge in [-0.15, -0.1) is 0 Å². The van der Waals surface area contributed by atoms with E-state index >= 15 is 0 Å². The fourth-order valence-electron chi connectivity index (χ4n) is 6.93. The van der Waals surface area contributed by atoms with Gasteiger partial charge in [-0.05, 0) is 86.8 Å². The minimum absolute atomic E-state index is 0.0591. The predicted molar refractivity (Wildman–Crippen MR) is 113 cm³/mol. The average molecular weight is 398 g/mol. The maximum absolute atomic E-state index is 11.3. The van der Waals surface area contributed by atoms with E-state index in [1.807, 2.05) is 13.2 Å². The number of allylic oxidation sites excluding steroid dienone is 3. The first-order chi connectivity index (χ1) is 13.9. The number of primary amides is 1. The lowest BCUT2D eigenvalue weighted by atomic mass is 9.56. The molecule has 3 spiro atoms. The summed E-state index contributed by atoms with van der Waals surface area (Å²) in [5.41, 5.74) is 9.36. The molecule has 1 amide bonds. The minimum atomic E-state index is -0.242. The predicted octanol–water partition coefficient (Wildman–Crippen LogP) is 3.35. The number of rotatable bonds is 9. The number of nitrogens with one attached hydrogen (secondary N) is 2. The lowest BCUT2D eigenvalue weighted by Crippen LogP contribution is -2.43. The Labute approximate surface area is 174 Å². The fraction of sp³-hybridized carbons (Fsp3) is 0.708. The van der Waals surface area contributed by atoms with Crippen molar-refractivity contribution in [1.29, 1.82) is 0 Å². The Hall–Kier alpha value is -1.59. The Kier molecular flexibility index (Phi) is 4.48. The van der Waals surface area contributed by atoms with Crippen molar-refractivity contribution in [3.8, 4) is 0 Å². The van der Waals surface area contributed by atoms with Crippen molar-refractivity contribution in [1.82, 2.24) is 10.6 Å². The summed E-state index contributed by atoms with van der Waals surface area (Å²) in [5.74, 6) is 1.30. The van der Waals surface area contributed by atoms with Crippen LogP contribution in [0.1, 0.15) is 58.3 Å². The average Bonchev–Trinajstić information content (AvgIpc) is 3.56. The summed E-state index contributed by atoms with van der Waals surface area (Å²) < 4.78 is 6.21. The molecule has 0 saturated heterocycles. The molecule has 0 aromatic carbocycles. The summed E-state index contributed by atoms with van der Waals surface area (Å²) in [4.78, 5) is 11.3. The number of fused-ring (bicyclic) bond motifs is 1. The van der Waals surface area contributed by atoms with Crippen LogP contribution in [0.3, 0.4) is 0 Å². The third-order valence-electron chi connectivity index (χ3n) is 8.56. The van der Waals surface area contributed by atoms with Crippen LogP contribution >= 0.6 is 0 Å². The highest BCUT2D eigenvalue weighted by atomic mass is 16.5. The van der Waals surface area contributed by atoms with Crippen molar-refractivity contribution in [3.63, 3.8) is 0 Å². The van der Waals surface area contributed by atoms with Crippen LogP contribution in [0.15, 0.2) is 35.7 Å². The van der Waals surface area contributed by atoms with Gasteiger partial charge in [-0.3, -0.25) is 10.1 Å². The number of nitrogens with two attached hydrogens (primary N) is 1. The van der Waals surface area contributed by atoms with Crippen molar-refractivity contribution < 1.29 is 9.53 Å². The highest BCUT2D eigenvalue weighted by Crippen LogP contribution is 2.92. The highest BCUT2D eigenvalue weighted by molar-refractivity contribution is 5.76. The van der Waals surface area contributed by atoms with Gasteiger partial charge in [-0.25, -0.2) is 0 Å². The van der Waals surface area contributed by atoms with Crippen molar-refractivity contribution >= 4 is 5.91 Å². The van der Waals surface area contributed by atoms with E-state index in [4.69, 9.17) is 10.5 Å². The van der Waals surface area contributed by atoms with E-state index in [2.05, 4.69) is 35.8 Å². The van der Waals surface area contributed by atoms with Crippen molar-refractivity contribution in [2.75, 3.05) is 13.7 Å². The highest BCUT2D eigenvalue weighted by Gasteiger charge is 2.86. The van der Waals surface area contributed by atoms with Gasteiger partial charge in [-0.1, -0.05) is 18.6 Å². The number of ether oxygens (including phenoxy) is 1. The minimum Gasteiger partial charge on any atom is -0.369 e. The van der Waals surface area contributed by atoms with Gasteiger partial charge in [0.05, 0.1) is 6.61 Å². The lowest BCUT2D eigenvalue weighted by molar-refractivity contribution is -0.117. The van der Waals surface area contributed by atoms with Crippen LogP contribution in [0.25, 0.3) is 0 Å². The molecule has 0 bridgehead atoms. The van der Waals surface area contributed by atoms with E-state index < -0.39 is 0 Å². The van der Waals surface area contributed by atoms with Gasteiger partial charge < -0.3 is 15.8 Å². The van der Waals surface area contributed by atoms with Crippen LogP contribution in [0.5, 0.6) is 0 Å². The SMILES string of the molecule is CNC(/C=C\NC1=CC=C(CC(N)=O)CC12CC(C)C2)OCC1C2(CC2)C12CC2. The topological polar surface area (TPSA) is 76.4 Å².